The molecule has 0 aromatic heterocycles. The van der Waals surface area contributed by atoms with E-state index in [1.54, 1.807) is 0 Å². The highest BCUT2D eigenvalue weighted by atomic mass is 16.4. The summed E-state index contributed by atoms with van der Waals surface area (Å²) in [5.74, 6) is -3.99. The first-order valence-corrected chi connectivity index (χ1v) is 6.76. The van der Waals surface area contributed by atoms with E-state index in [1.807, 2.05) is 5.32 Å². The maximum atomic E-state index is 12.0. The Kier molecular flexibility index (Phi) is 8.77. The highest BCUT2D eigenvalue weighted by Gasteiger charge is 2.28. The molecule has 132 valence electrons. The Morgan fingerprint density at radius 3 is 2.00 bits per heavy atom. The lowest BCUT2D eigenvalue weighted by Crippen LogP contribution is -2.56. The van der Waals surface area contributed by atoms with Crippen LogP contribution in [-0.2, 0) is 19.2 Å². The number of carbonyl (C=O) groups is 4. The molecule has 0 aliphatic heterocycles. The topological polar surface area (TPSA) is 205 Å². The molecule has 0 aliphatic carbocycles. The van der Waals surface area contributed by atoms with Crippen LogP contribution in [0.15, 0.2) is 0 Å². The summed E-state index contributed by atoms with van der Waals surface area (Å²) in [7, 11) is 0. The lowest BCUT2D eigenvalue weighted by atomic mass is 10.1. The summed E-state index contributed by atoms with van der Waals surface area (Å²) in [6, 6.07) is -4.18. The number of carboxylic acids is 1. The van der Waals surface area contributed by atoms with Gasteiger partial charge in [0.1, 0.15) is 18.1 Å². The monoisotopic (exact) mass is 334 g/mol. The van der Waals surface area contributed by atoms with E-state index in [9.17, 15) is 24.3 Å². The number of hydrogen-bond donors (Lipinski definition) is 7. The standard InChI is InChI=1S/C12H22N4O7/c1-5(18)9(14)11(21)15-6(2-3-8(13)19)10(20)16-7(4-17)12(22)23/h5-7,9,17-18H,2-4,14H2,1H3,(H2,13,19)(H,15,21)(H,16,20)(H,22,23)/t5-,6+,7+,9+/m1/s1. The minimum absolute atomic E-state index is 0.197. The zero-order chi connectivity index (χ0) is 18.2. The SMILES string of the molecule is C[C@@H](O)[C@H](N)C(=O)N[C@@H](CCC(N)=O)C(=O)N[C@@H](CO)C(=O)O. The van der Waals surface area contributed by atoms with Crippen molar-refractivity contribution < 1.29 is 34.5 Å². The summed E-state index contributed by atoms with van der Waals surface area (Å²) in [5.41, 5.74) is 10.4. The second-order valence-corrected chi connectivity index (χ2v) is 4.91. The van der Waals surface area contributed by atoms with Crippen LogP contribution in [0.5, 0.6) is 0 Å². The van der Waals surface area contributed by atoms with Gasteiger partial charge in [-0.15, -0.1) is 0 Å². The zero-order valence-electron chi connectivity index (χ0n) is 12.6. The molecule has 11 nitrogen and oxygen atoms in total. The van der Waals surface area contributed by atoms with Crippen LogP contribution in [0.3, 0.4) is 0 Å². The Morgan fingerprint density at radius 2 is 1.61 bits per heavy atom. The summed E-state index contributed by atoms with van der Waals surface area (Å²) in [6.07, 6.45) is -1.63. The van der Waals surface area contributed by atoms with Crippen molar-refractivity contribution in [2.24, 2.45) is 11.5 Å². The molecule has 9 N–H and O–H groups in total. The molecule has 23 heavy (non-hydrogen) atoms. The third-order valence-corrected chi connectivity index (χ3v) is 2.93. The van der Waals surface area contributed by atoms with Crippen molar-refractivity contribution in [2.45, 2.75) is 44.0 Å². The second-order valence-electron chi connectivity index (χ2n) is 4.91. The predicted molar refractivity (Wildman–Crippen MR) is 76.7 cm³/mol. The van der Waals surface area contributed by atoms with Gasteiger partial charge in [0.25, 0.3) is 0 Å². The molecule has 3 amide bonds. The zero-order valence-corrected chi connectivity index (χ0v) is 12.6. The third kappa shape index (κ3) is 7.54. The molecule has 0 heterocycles. The van der Waals surface area contributed by atoms with E-state index in [-0.39, 0.29) is 12.8 Å². The van der Waals surface area contributed by atoms with Crippen molar-refractivity contribution in [3.8, 4) is 0 Å². The van der Waals surface area contributed by atoms with Crippen molar-refractivity contribution >= 4 is 23.7 Å². The second kappa shape index (κ2) is 9.71. The Hall–Kier alpha value is -2.24. The molecule has 0 aromatic carbocycles. The smallest absolute Gasteiger partial charge is 0.328 e. The van der Waals surface area contributed by atoms with Crippen LogP contribution < -0.4 is 22.1 Å². The van der Waals surface area contributed by atoms with Gasteiger partial charge in [-0.3, -0.25) is 14.4 Å². The molecule has 0 saturated heterocycles. The number of carbonyl (C=O) groups excluding carboxylic acids is 3. The van der Waals surface area contributed by atoms with Gasteiger partial charge in [0.2, 0.25) is 17.7 Å². The molecule has 0 aromatic rings. The van der Waals surface area contributed by atoms with Gasteiger partial charge >= 0.3 is 5.97 Å². The maximum absolute atomic E-state index is 12.0. The van der Waals surface area contributed by atoms with E-state index < -0.39 is 54.5 Å². The molecule has 11 heteroatoms. The molecule has 0 rings (SSSR count). The van der Waals surface area contributed by atoms with Crippen LogP contribution in [0.2, 0.25) is 0 Å². The predicted octanol–water partition coefficient (Wildman–Crippen LogP) is -3.99. The molecule has 0 spiro atoms. The van der Waals surface area contributed by atoms with E-state index in [0.29, 0.717) is 0 Å². The molecule has 0 saturated carbocycles. The summed E-state index contributed by atoms with van der Waals surface area (Å²) in [5, 5.41) is 31.1. The summed E-state index contributed by atoms with van der Waals surface area (Å²) >= 11 is 0. The van der Waals surface area contributed by atoms with Crippen molar-refractivity contribution in [2.75, 3.05) is 6.61 Å². The number of aliphatic hydroxyl groups is 2. The molecular weight excluding hydrogens is 312 g/mol. The quantitative estimate of drug-likeness (QED) is 0.209. The van der Waals surface area contributed by atoms with E-state index in [1.165, 1.54) is 6.92 Å². The lowest BCUT2D eigenvalue weighted by molar-refractivity contribution is -0.143. The van der Waals surface area contributed by atoms with Crippen LogP contribution in [0.25, 0.3) is 0 Å². The number of primary amides is 1. The molecule has 4 atom stereocenters. The summed E-state index contributed by atoms with van der Waals surface area (Å²) in [4.78, 5) is 45.4. The average molecular weight is 334 g/mol. The minimum Gasteiger partial charge on any atom is -0.480 e. The van der Waals surface area contributed by atoms with Crippen LogP contribution in [0.4, 0.5) is 0 Å². The lowest BCUT2D eigenvalue weighted by Gasteiger charge is -2.22. The summed E-state index contributed by atoms with van der Waals surface area (Å²) in [6.45, 7) is 0.416. The van der Waals surface area contributed by atoms with Crippen LogP contribution in [0.1, 0.15) is 19.8 Å². The van der Waals surface area contributed by atoms with Gasteiger partial charge in [-0.25, -0.2) is 4.79 Å². The number of rotatable bonds is 10. The number of hydrogen-bond acceptors (Lipinski definition) is 7. The van der Waals surface area contributed by atoms with Gasteiger partial charge in [0.05, 0.1) is 12.7 Å². The van der Waals surface area contributed by atoms with E-state index in [0.717, 1.165) is 0 Å². The Bertz CT molecular complexity index is 455. The summed E-state index contributed by atoms with van der Waals surface area (Å²) < 4.78 is 0. The van der Waals surface area contributed by atoms with Gasteiger partial charge in [-0.05, 0) is 13.3 Å². The fourth-order valence-corrected chi connectivity index (χ4v) is 1.50. The Labute approximate surface area is 132 Å². The van der Waals surface area contributed by atoms with Crippen LogP contribution >= 0.6 is 0 Å². The van der Waals surface area contributed by atoms with Gasteiger partial charge < -0.3 is 37.4 Å². The largest absolute Gasteiger partial charge is 0.480 e. The normalized spacial score (nSPS) is 15.8. The molecular formula is C12H22N4O7. The number of carboxylic acid groups (broad SMARTS) is 1. The van der Waals surface area contributed by atoms with Gasteiger partial charge in [-0.1, -0.05) is 0 Å². The first-order chi connectivity index (χ1) is 10.6. The fourth-order valence-electron chi connectivity index (χ4n) is 1.50. The van der Waals surface area contributed by atoms with Gasteiger partial charge in [0, 0.05) is 6.42 Å². The van der Waals surface area contributed by atoms with Crippen molar-refractivity contribution in [3.63, 3.8) is 0 Å². The van der Waals surface area contributed by atoms with Crippen LogP contribution in [-0.4, -0.2) is 69.8 Å². The number of nitrogens with one attached hydrogen (secondary N) is 2. The van der Waals surface area contributed by atoms with Crippen molar-refractivity contribution in [1.29, 1.82) is 0 Å². The van der Waals surface area contributed by atoms with Crippen molar-refractivity contribution in [1.82, 2.24) is 10.6 Å². The van der Waals surface area contributed by atoms with E-state index in [2.05, 4.69) is 5.32 Å². The highest BCUT2D eigenvalue weighted by molar-refractivity contribution is 5.92. The fraction of sp³-hybridized carbons (Fsp3) is 0.667. The highest BCUT2D eigenvalue weighted by Crippen LogP contribution is 2.01. The molecule has 0 radical (unpaired) electrons. The average Bonchev–Trinajstić information content (AvgIpc) is 2.46. The molecule has 0 fully saturated rings. The van der Waals surface area contributed by atoms with E-state index in [4.69, 9.17) is 21.7 Å². The number of amides is 3. The van der Waals surface area contributed by atoms with Gasteiger partial charge in [0.15, 0.2) is 0 Å². The molecule has 0 bridgehead atoms. The number of aliphatic carboxylic acids is 1. The maximum Gasteiger partial charge on any atom is 0.328 e. The Morgan fingerprint density at radius 1 is 1.09 bits per heavy atom. The third-order valence-electron chi connectivity index (χ3n) is 2.93. The number of aliphatic hydroxyl groups excluding tert-OH is 2. The van der Waals surface area contributed by atoms with Gasteiger partial charge in [-0.2, -0.15) is 0 Å². The molecule has 0 aliphatic rings. The minimum atomic E-state index is -1.57. The van der Waals surface area contributed by atoms with Crippen LogP contribution in [0, 0.1) is 0 Å². The molecule has 0 unspecified atom stereocenters. The number of nitrogens with two attached hydrogens (primary N) is 2. The van der Waals surface area contributed by atoms with E-state index >= 15 is 0 Å². The van der Waals surface area contributed by atoms with Crippen molar-refractivity contribution in [3.05, 3.63) is 0 Å². The Balaban J connectivity index is 4.98. The first kappa shape index (κ1) is 20.8. The first-order valence-electron chi connectivity index (χ1n) is 6.76.